The van der Waals surface area contributed by atoms with Gasteiger partial charge in [0.15, 0.2) is 0 Å². The Labute approximate surface area is 91.9 Å². The monoisotopic (exact) mass is 214 g/mol. The Morgan fingerprint density at radius 1 is 1.40 bits per heavy atom. The standard InChI is InChI=1S/C11H22N2O2/c1-8(2)10(11(14)15)13-6-5-12(4)9(3)7-13/h8-10H,5-7H2,1-4H3,(H,14,15). The second-order valence-corrected chi connectivity index (χ2v) is 4.85. The fourth-order valence-electron chi connectivity index (χ4n) is 2.19. The van der Waals surface area contributed by atoms with Crippen molar-refractivity contribution in [3.8, 4) is 0 Å². The molecule has 0 aromatic carbocycles. The predicted octanol–water partition coefficient (Wildman–Crippen LogP) is 0.731. The van der Waals surface area contributed by atoms with Crippen LogP contribution in [-0.4, -0.2) is 59.6 Å². The van der Waals surface area contributed by atoms with E-state index in [2.05, 4.69) is 23.8 Å². The summed E-state index contributed by atoms with van der Waals surface area (Å²) in [5.41, 5.74) is 0. The maximum atomic E-state index is 11.2. The second-order valence-electron chi connectivity index (χ2n) is 4.85. The first-order valence-corrected chi connectivity index (χ1v) is 5.60. The third-order valence-electron chi connectivity index (χ3n) is 3.27. The summed E-state index contributed by atoms with van der Waals surface area (Å²) in [6.07, 6.45) is 0. The molecule has 2 unspecified atom stereocenters. The molecule has 0 saturated carbocycles. The second kappa shape index (κ2) is 4.94. The summed E-state index contributed by atoms with van der Waals surface area (Å²) >= 11 is 0. The van der Waals surface area contributed by atoms with Gasteiger partial charge in [0, 0.05) is 25.7 Å². The van der Waals surface area contributed by atoms with E-state index in [1.54, 1.807) is 0 Å². The van der Waals surface area contributed by atoms with E-state index in [0.717, 1.165) is 19.6 Å². The molecule has 0 amide bonds. The molecule has 15 heavy (non-hydrogen) atoms. The van der Waals surface area contributed by atoms with Crippen LogP contribution in [0.1, 0.15) is 20.8 Å². The SMILES string of the molecule is CC(C)C(C(=O)O)N1CCN(C)C(C)C1. The van der Waals surface area contributed by atoms with E-state index in [0.29, 0.717) is 6.04 Å². The third kappa shape index (κ3) is 2.92. The summed E-state index contributed by atoms with van der Waals surface area (Å²) in [4.78, 5) is 15.5. The van der Waals surface area contributed by atoms with Gasteiger partial charge in [-0.2, -0.15) is 0 Å². The lowest BCUT2D eigenvalue weighted by molar-refractivity contribution is -0.146. The third-order valence-corrected chi connectivity index (χ3v) is 3.27. The van der Waals surface area contributed by atoms with Gasteiger partial charge in [-0.15, -0.1) is 0 Å². The van der Waals surface area contributed by atoms with Crippen LogP contribution in [0.4, 0.5) is 0 Å². The quantitative estimate of drug-likeness (QED) is 0.752. The minimum atomic E-state index is -0.693. The summed E-state index contributed by atoms with van der Waals surface area (Å²) in [7, 11) is 2.09. The molecule has 0 bridgehead atoms. The van der Waals surface area contributed by atoms with E-state index in [1.165, 1.54) is 0 Å². The van der Waals surface area contributed by atoms with Gasteiger partial charge in [0.2, 0.25) is 0 Å². The molecule has 88 valence electrons. The van der Waals surface area contributed by atoms with Crippen molar-refractivity contribution in [3.05, 3.63) is 0 Å². The lowest BCUT2D eigenvalue weighted by Crippen LogP contribution is -2.56. The average molecular weight is 214 g/mol. The highest BCUT2D eigenvalue weighted by Crippen LogP contribution is 2.16. The van der Waals surface area contributed by atoms with E-state index in [4.69, 9.17) is 0 Å². The van der Waals surface area contributed by atoms with Crippen molar-refractivity contribution in [1.82, 2.24) is 9.80 Å². The largest absolute Gasteiger partial charge is 0.480 e. The van der Waals surface area contributed by atoms with Crippen molar-refractivity contribution >= 4 is 5.97 Å². The molecule has 0 aromatic rings. The van der Waals surface area contributed by atoms with Gasteiger partial charge in [-0.1, -0.05) is 13.8 Å². The number of piperazine rings is 1. The lowest BCUT2D eigenvalue weighted by Gasteiger charge is -2.41. The van der Waals surface area contributed by atoms with Gasteiger partial charge in [-0.05, 0) is 19.9 Å². The van der Waals surface area contributed by atoms with Crippen LogP contribution in [0.3, 0.4) is 0 Å². The van der Waals surface area contributed by atoms with Gasteiger partial charge in [-0.3, -0.25) is 9.69 Å². The minimum Gasteiger partial charge on any atom is -0.480 e. The maximum absolute atomic E-state index is 11.2. The number of hydrogen-bond acceptors (Lipinski definition) is 3. The van der Waals surface area contributed by atoms with Crippen LogP contribution >= 0.6 is 0 Å². The molecule has 1 aliphatic rings. The molecule has 1 saturated heterocycles. The van der Waals surface area contributed by atoms with Crippen molar-refractivity contribution in [2.75, 3.05) is 26.7 Å². The number of rotatable bonds is 3. The zero-order valence-corrected chi connectivity index (χ0v) is 10.1. The Kier molecular flexibility index (Phi) is 4.11. The van der Waals surface area contributed by atoms with Gasteiger partial charge >= 0.3 is 5.97 Å². The molecule has 0 aliphatic carbocycles. The molecule has 1 rings (SSSR count). The van der Waals surface area contributed by atoms with Crippen molar-refractivity contribution in [2.24, 2.45) is 5.92 Å². The Morgan fingerprint density at radius 3 is 2.40 bits per heavy atom. The number of likely N-dealkylation sites (N-methyl/N-ethyl adjacent to an activating group) is 1. The summed E-state index contributed by atoms with van der Waals surface area (Å²) in [5.74, 6) is -0.528. The first-order chi connectivity index (χ1) is 6.93. The van der Waals surface area contributed by atoms with Crippen LogP contribution in [-0.2, 0) is 4.79 Å². The van der Waals surface area contributed by atoms with Crippen molar-refractivity contribution in [3.63, 3.8) is 0 Å². The highest BCUT2D eigenvalue weighted by molar-refractivity contribution is 5.73. The van der Waals surface area contributed by atoms with E-state index in [9.17, 15) is 9.90 Å². The van der Waals surface area contributed by atoms with E-state index >= 15 is 0 Å². The van der Waals surface area contributed by atoms with Crippen LogP contribution in [0, 0.1) is 5.92 Å². The van der Waals surface area contributed by atoms with Gasteiger partial charge < -0.3 is 10.0 Å². The fraction of sp³-hybridized carbons (Fsp3) is 0.909. The van der Waals surface area contributed by atoms with Crippen molar-refractivity contribution in [1.29, 1.82) is 0 Å². The van der Waals surface area contributed by atoms with E-state index < -0.39 is 5.97 Å². The van der Waals surface area contributed by atoms with Gasteiger partial charge in [-0.25, -0.2) is 0 Å². The lowest BCUT2D eigenvalue weighted by atomic mass is 10.0. The molecule has 4 nitrogen and oxygen atoms in total. The molecule has 1 heterocycles. The Bertz CT molecular complexity index is 231. The number of aliphatic carboxylic acids is 1. The number of carboxylic acid groups (broad SMARTS) is 1. The molecule has 2 atom stereocenters. The molecule has 1 fully saturated rings. The van der Waals surface area contributed by atoms with Crippen molar-refractivity contribution < 1.29 is 9.90 Å². The number of carboxylic acids is 1. The topological polar surface area (TPSA) is 43.8 Å². The Balaban J connectivity index is 2.66. The first-order valence-electron chi connectivity index (χ1n) is 5.60. The molecule has 1 aliphatic heterocycles. The first kappa shape index (κ1) is 12.5. The normalized spacial score (nSPS) is 26.9. The van der Waals surface area contributed by atoms with Gasteiger partial charge in [0.25, 0.3) is 0 Å². The van der Waals surface area contributed by atoms with Crippen LogP contribution in [0.25, 0.3) is 0 Å². The molecular formula is C11H22N2O2. The zero-order valence-electron chi connectivity index (χ0n) is 10.1. The predicted molar refractivity (Wildman–Crippen MR) is 59.9 cm³/mol. The molecule has 0 aromatic heterocycles. The smallest absolute Gasteiger partial charge is 0.321 e. The van der Waals surface area contributed by atoms with Crippen LogP contribution < -0.4 is 0 Å². The average Bonchev–Trinajstić information content (AvgIpc) is 2.10. The van der Waals surface area contributed by atoms with Gasteiger partial charge in [0.05, 0.1) is 0 Å². The van der Waals surface area contributed by atoms with Crippen molar-refractivity contribution in [2.45, 2.75) is 32.9 Å². The number of carbonyl (C=O) groups is 1. The Morgan fingerprint density at radius 2 is 2.00 bits per heavy atom. The van der Waals surface area contributed by atoms with Crippen LogP contribution in [0.5, 0.6) is 0 Å². The van der Waals surface area contributed by atoms with E-state index in [1.807, 2.05) is 13.8 Å². The van der Waals surface area contributed by atoms with E-state index in [-0.39, 0.29) is 12.0 Å². The number of nitrogens with zero attached hydrogens (tertiary/aromatic N) is 2. The summed E-state index contributed by atoms with van der Waals surface area (Å²) in [6, 6.07) is 0.112. The summed E-state index contributed by atoms with van der Waals surface area (Å²) < 4.78 is 0. The van der Waals surface area contributed by atoms with Crippen LogP contribution in [0.2, 0.25) is 0 Å². The highest BCUT2D eigenvalue weighted by Gasteiger charge is 2.32. The molecule has 0 spiro atoms. The minimum absolute atomic E-state index is 0.165. The molecule has 0 radical (unpaired) electrons. The highest BCUT2D eigenvalue weighted by atomic mass is 16.4. The fourth-order valence-corrected chi connectivity index (χ4v) is 2.19. The van der Waals surface area contributed by atoms with Gasteiger partial charge in [0.1, 0.15) is 6.04 Å². The summed E-state index contributed by atoms with van der Waals surface area (Å²) in [5, 5.41) is 9.19. The molecule has 1 N–H and O–H groups in total. The summed E-state index contributed by atoms with van der Waals surface area (Å²) in [6.45, 7) is 8.76. The molecular weight excluding hydrogens is 192 g/mol. The Hall–Kier alpha value is -0.610. The maximum Gasteiger partial charge on any atom is 0.321 e. The van der Waals surface area contributed by atoms with Crippen LogP contribution in [0.15, 0.2) is 0 Å². The molecule has 4 heteroatoms. The zero-order chi connectivity index (χ0) is 11.6. The number of hydrogen-bond donors (Lipinski definition) is 1.